The molecule has 0 aliphatic rings. The molecule has 4 aromatic carbocycles. The zero-order chi connectivity index (χ0) is 43.9. The van der Waals surface area contributed by atoms with Gasteiger partial charge in [0.15, 0.2) is 11.6 Å². The normalized spacial score (nSPS) is 12.4. The van der Waals surface area contributed by atoms with Crippen LogP contribution in [0, 0.1) is 25.5 Å². The van der Waals surface area contributed by atoms with Gasteiger partial charge in [0.2, 0.25) is 0 Å². The SMILES string of the molecule is COc1cc(/C=C/c2nnc([C@@H](C)c3ccc(F)cc3)n2C)ccc1-n1cnc(C)c1.COc1cc(/C=C/c2nnc([C@H](C)c3ccc(F)cc3)n2C)ccc1-n1cnc(C)c1. The highest BCUT2D eigenvalue weighted by Gasteiger charge is 2.18. The van der Waals surface area contributed by atoms with Crippen molar-refractivity contribution in [1.29, 1.82) is 0 Å². The number of nitrogens with zero attached hydrogens (tertiary/aromatic N) is 10. The Labute approximate surface area is 359 Å². The number of rotatable bonds is 12. The number of benzene rings is 4. The van der Waals surface area contributed by atoms with Gasteiger partial charge < -0.3 is 27.7 Å². The zero-order valence-corrected chi connectivity index (χ0v) is 35.9. The monoisotopic (exact) mass is 834 g/mol. The minimum atomic E-state index is -0.248. The Morgan fingerprint density at radius 2 is 0.919 bits per heavy atom. The topological polar surface area (TPSA) is 116 Å². The van der Waals surface area contributed by atoms with Crippen molar-refractivity contribution in [2.75, 3.05) is 14.2 Å². The van der Waals surface area contributed by atoms with Gasteiger partial charge >= 0.3 is 0 Å². The quantitative estimate of drug-likeness (QED) is 0.120. The van der Waals surface area contributed by atoms with Crippen molar-refractivity contribution in [2.24, 2.45) is 14.1 Å². The summed E-state index contributed by atoms with van der Waals surface area (Å²) in [7, 11) is 7.17. The second-order valence-electron chi connectivity index (χ2n) is 14.9. The van der Waals surface area contributed by atoms with E-state index in [0.717, 1.165) is 79.8 Å². The van der Waals surface area contributed by atoms with E-state index in [1.807, 2.05) is 133 Å². The Bertz CT molecular complexity index is 2640. The largest absolute Gasteiger partial charge is 0.495 e. The Morgan fingerprint density at radius 3 is 1.26 bits per heavy atom. The van der Waals surface area contributed by atoms with E-state index >= 15 is 0 Å². The predicted octanol–water partition coefficient (Wildman–Crippen LogP) is 9.56. The summed E-state index contributed by atoms with van der Waals surface area (Å²) in [6, 6.07) is 24.9. The third-order valence-corrected chi connectivity index (χ3v) is 10.6. The van der Waals surface area contributed by atoms with Crippen LogP contribution < -0.4 is 9.47 Å². The van der Waals surface area contributed by atoms with E-state index in [0.29, 0.717) is 0 Å². The standard InChI is InChI=1S/2C24H24FN5O/c2*1-16-14-30(15-26-16)21-11-5-18(13-22(21)31-4)6-12-23-27-28-24(29(23)3)17(2)19-7-9-20(25)10-8-19/h2*5-15,17H,1-4H3/b2*12-6+/t2*17-/m10/s1. The van der Waals surface area contributed by atoms with Crippen molar-refractivity contribution in [2.45, 2.75) is 39.5 Å². The lowest BCUT2D eigenvalue weighted by molar-refractivity contribution is 0.412. The van der Waals surface area contributed by atoms with Crippen LogP contribution in [-0.4, -0.2) is 62.9 Å². The number of aromatic nitrogens is 10. The average Bonchev–Trinajstić information content (AvgIpc) is 4.09. The van der Waals surface area contributed by atoms with Crippen LogP contribution in [0.5, 0.6) is 11.5 Å². The van der Waals surface area contributed by atoms with Crippen molar-refractivity contribution in [3.8, 4) is 22.9 Å². The van der Waals surface area contributed by atoms with Crippen LogP contribution in [0.15, 0.2) is 110 Å². The molecule has 0 bridgehead atoms. The molecule has 0 amide bonds. The Hall–Kier alpha value is -7.48. The maximum atomic E-state index is 13.2. The molecule has 0 saturated carbocycles. The molecule has 316 valence electrons. The number of methoxy groups -OCH3 is 2. The lowest BCUT2D eigenvalue weighted by Gasteiger charge is -2.11. The van der Waals surface area contributed by atoms with Gasteiger partial charge in [-0.1, -0.05) is 62.4 Å². The van der Waals surface area contributed by atoms with Gasteiger partial charge in [0.05, 0.1) is 49.6 Å². The molecule has 2 atom stereocenters. The van der Waals surface area contributed by atoms with E-state index in [9.17, 15) is 8.78 Å². The first-order valence-corrected chi connectivity index (χ1v) is 20.0. The van der Waals surface area contributed by atoms with Crippen LogP contribution in [0.3, 0.4) is 0 Å². The number of hydrogen-bond donors (Lipinski definition) is 0. The van der Waals surface area contributed by atoms with Crippen LogP contribution in [0.1, 0.15) is 82.6 Å². The first-order valence-electron chi connectivity index (χ1n) is 20.0. The second kappa shape index (κ2) is 18.8. The highest BCUT2D eigenvalue weighted by Crippen LogP contribution is 2.29. The highest BCUT2D eigenvalue weighted by atomic mass is 19.1. The molecule has 8 rings (SSSR count). The number of aryl methyl sites for hydroxylation is 2. The summed E-state index contributed by atoms with van der Waals surface area (Å²) in [4.78, 5) is 8.55. The summed E-state index contributed by atoms with van der Waals surface area (Å²) < 4.78 is 45.4. The van der Waals surface area contributed by atoms with E-state index in [1.165, 1.54) is 24.3 Å². The molecule has 0 unspecified atom stereocenters. The summed E-state index contributed by atoms with van der Waals surface area (Å²) in [5, 5.41) is 17.3. The maximum absolute atomic E-state index is 13.2. The van der Waals surface area contributed by atoms with E-state index in [2.05, 4.69) is 30.4 Å². The van der Waals surface area contributed by atoms with E-state index in [4.69, 9.17) is 9.47 Å². The van der Waals surface area contributed by atoms with Crippen LogP contribution in [0.2, 0.25) is 0 Å². The molecular weight excluding hydrogens is 787 g/mol. The molecule has 8 aromatic rings. The van der Waals surface area contributed by atoms with Crippen molar-refractivity contribution in [3.05, 3.63) is 179 Å². The Morgan fingerprint density at radius 1 is 0.532 bits per heavy atom. The molecule has 62 heavy (non-hydrogen) atoms. The zero-order valence-electron chi connectivity index (χ0n) is 35.9. The Balaban J connectivity index is 0.000000186. The van der Waals surface area contributed by atoms with Crippen LogP contribution in [-0.2, 0) is 14.1 Å². The van der Waals surface area contributed by atoms with Crippen molar-refractivity contribution in [3.63, 3.8) is 0 Å². The molecule has 4 heterocycles. The summed E-state index contributed by atoms with van der Waals surface area (Å²) >= 11 is 0. The molecule has 14 heteroatoms. The molecule has 0 radical (unpaired) electrons. The fourth-order valence-corrected chi connectivity index (χ4v) is 7.02. The molecule has 0 N–H and O–H groups in total. The number of halogens is 2. The third kappa shape index (κ3) is 9.60. The van der Waals surface area contributed by atoms with Crippen molar-refractivity contribution in [1.82, 2.24) is 48.6 Å². The first kappa shape index (κ1) is 42.6. The summed E-state index contributed by atoms with van der Waals surface area (Å²) in [6.45, 7) is 7.97. The Kier molecular flexibility index (Phi) is 13.0. The van der Waals surface area contributed by atoms with Crippen LogP contribution >= 0.6 is 0 Å². The van der Waals surface area contributed by atoms with Crippen molar-refractivity contribution < 1.29 is 18.3 Å². The van der Waals surface area contributed by atoms with Gasteiger partial charge in [-0.25, -0.2) is 18.7 Å². The summed E-state index contributed by atoms with van der Waals surface area (Å²) in [6.07, 6.45) is 15.2. The number of ether oxygens (including phenoxy) is 2. The molecule has 12 nitrogen and oxygen atoms in total. The van der Waals surface area contributed by atoms with E-state index in [1.54, 1.807) is 51.1 Å². The van der Waals surface area contributed by atoms with E-state index in [-0.39, 0.29) is 23.5 Å². The molecule has 0 spiro atoms. The second-order valence-corrected chi connectivity index (χ2v) is 14.9. The number of hydrogen-bond acceptors (Lipinski definition) is 8. The number of imidazole rings is 2. The summed E-state index contributed by atoms with van der Waals surface area (Å²) in [5.74, 6) is 4.10. The molecule has 0 aliphatic heterocycles. The van der Waals surface area contributed by atoms with Crippen molar-refractivity contribution >= 4 is 24.3 Å². The first-order chi connectivity index (χ1) is 29.9. The molecular formula is C48H48F2N10O2. The lowest BCUT2D eigenvalue weighted by atomic mass is 10.0. The average molecular weight is 835 g/mol. The maximum Gasteiger partial charge on any atom is 0.156 e. The summed E-state index contributed by atoms with van der Waals surface area (Å²) in [5.41, 5.74) is 7.67. The molecule has 0 aliphatic carbocycles. The molecule has 4 aromatic heterocycles. The fourth-order valence-electron chi connectivity index (χ4n) is 7.02. The smallest absolute Gasteiger partial charge is 0.156 e. The fraction of sp³-hybridized carbons (Fsp3) is 0.208. The molecule has 0 fully saturated rings. The van der Waals surface area contributed by atoms with Gasteiger partial charge in [0.25, 0.3) is 0 Å². The van der Waals surface area contributed by atoms with Gasteiger partial charge in [-0.3, -0.25) is 0 Å². The lowest BCUT2D eigenvalue weighted by Crippen LogP contribution is -2.05. The van der Waals surface area contributed by atoms with Gasteiger partial charge in [0, 0.05) is 38.3 Å². The van der Waals surface area contributed by atoms with Gasteiger partial charge in [-0.05, 0) is 96.8 Å². The van der Waals surface area contributed by atoms with Gasteiger partial charge in [-0.15, -0.1) is 20.4 Å². The highest BCUT2D eigenvalue weighted by molar-refractivity contribution is 5.70. The minimum Gasteiger partial charge on any atom is -0.495 e. The third-order valence-electron chi connectivity index (χ3n) is 10.6. The van der Waals surface area contributed by atoms with Crippen LogP contribution in [0.25, 0.3) is 35.7 Å². The molecule has 0 saturated heterocycles. The van der Waals surface area contributed by atoms with Crippen LogP contribution in [0.4, 0.5) is 8.78 Å². The van der Waals surface area contributed by atoms with Gasteiger partial charge in [0.1, 0.15) is 34.8 Å². The predicted molar refractivity (Wildman–Crippen MR) is 237 cm³/mol. The van der Waals surface area contributed by atoms with Gasteiger partial charge in [-0.2, -0.15) is 0 Å². The van der Waals surface area contributed by atoms with E-state index < -0.39 is 0 Å². The minimum absolute atomic E-state index is 0.00161.